The van der Waals surface area contributed by atoms with Gasteiger partial charge in [-0.15, -0.1) is 0 Å². The summed E-state index contributed by atoms with van der Waals surface area (Å²) in [5.41, 5.74) is -0.552. The highest BCUT2D eigenvalue weighted by atomic mass is 19.4. The van der Waals surface area contributed by atoms with Gasteiger partial charge in [-0.25, -0.2) is 15.0 Å². The quantitative estimate of drug-likeness (QED) is 0.498. The van der Waals surface area contributed by atoms with Gasteiger partial charge in [-0.3, -0.25) is 4.79 Å². The number of alkyl halides is 3. The molecule has 0 unspecified atom stereocenters. The van der Waals surface area contributed by atoms with E-state index in [1.807, 2.05) is 5.32 Å². The van der Waals surface area contributed by atoms with E-state index in [4.69, 9.17) is 0 Å². The lowest BCUT2D eigenvalue weighted by atomic mass is 9.97. The predicted molar refractivity (Wildman–Crippen MR) is 100 cm³/mol. The summed E-state index contributed by atoms with van der Waals surface area (Å²) < 4.78 is 37.3. The van der Waals surface area contributed by atoms with Gasteiger partial charge in [0.2, 0.25) is 11.8 Å². The van der Waals surface area contributed by atoms with E-state index in [0.29, 0.717) is 16.6 Å². The van der Waals surface area contributed by atoms with Crippen LogP contribution < -0.4 is 10.6 Å². The van der Waals surface area contributed by atoms with Crippen LogP contribution >= 0.6 is 0 Å². The molecule has 3 rings (SSSR count). The minimum atomic E-state index is -4.51. The van der Waals surface area contributed by atoms with Gasteiger partial charge in [0.25, 0.3) is 0 Å². The molecule has 0 radical (unpaired) electrons. The summed E-state index contributed by atoms with van der Waals surface area (Å²) >= 11 is 0. The van der Waals surface area contributed by atoms with Crippen LogP contribution in [0.3, 0.4) is 0 Å². The molecule has 29 heavy (non-hydrogen) atoms. The van der Waals surface area contributed by atoms with Crippen LogP contribution in [0.5, 0.6) is 5.88 Å². The normalized spacial score (nSPS) is 13.8. The number of hydrogen-bond acceptors (Lipinski definition) is 6. The number of nitrogens with zero attached hydrogens (tertiary/aromatic N) is 3. The Hall–Kier alpha value is -3.37. The Labute approximate surface area is 163 Å². The fourth-order valence-electron chi connectivity index (χ4n) is 2.75. The number of aromatic nitrogens is 4. The maximum absolute atomic E-state index is 12.4. The van der Waals surface area contributed by atoms with Crippen LogP contribution in [-0.4, -0.2) is 49.2 Å². The molecule has 0 fully saturated rings. The fourth-order valence-corrected chi connectivity index (χ4v) is 2.75. The number of pyridine rings is 1. The van der Waals surface area contributed by atoms with Gasteiger partial charge in [0.05, 0.1) is 5.56 Å². The third kappa shape index (κ3) is 4.39. The topological polar surface area (TPSA) is 116 Å². The number of fused-ring (bicyclic) bond motifs is 1. The minimum absolute atomic E-state index is 0.168. The third-order valence-corrected chi connectivity index (χ3v) is 4.49. The Kier molecular flexibility index (Phi) is 5.31. The average Bonchev–Trinajstić information content (AvgIpc) is 3.01. The Balaban J connectivity index is 1.88. The summed E-state index contributed by atoms with van der Waals surface area (Å²) in [5.74, 6) is -0.589. The van der Waals surface area contributed by atoms with Gasteiger partial charge in [-0.05, 0) is 31.5 Å². The van der Waals surface area contributed by atoms with E-state index in [1.165, 1.54) is 19.2 Å². The van der Waals surface area contributed by atoms with Crippen molar-refractivity contribution in [1.29, 1.82) is 0 Å². The number of rotatable bonds is 6. The molecule has 0 spiro atoms. The molecule has 0 aromatic carbocycles. The predicted octanol–water partition coefficient (Wildman–Crippen LogP) is 2.98. The molecule has 1 atom stereocenters. The smallest absolute Gasteiger partial charge is 0.405 e. The summed E-state index contributed by atoms with van der Waals surface area (Å²) in [4.78, 5) is 27.6. The van der Waals surface area contributed by atoms with Crippen LogP contribution in [0.15, 0.2) is 30.6 Å². The van der Waals surface area contributed by atoms with Crippen LogP contribution in [-0.2, 0) is 4.79 Å². The molecule has 0 saturated heterocycles. The highest BCUT2D eigenvalue weighted by Crippen LogP contribution is 2.34. The van der Waals surface area contributed by atoms with Crippen molar-refractivity contribution in [2.45, 2.75) is 32.0 Å². The van der Waals surface area contributed by atoms with E-state index in [1.54, 1.807) is 25.3 Å². The van der Waals surface area contributed by atoms with Crippen molar-refractivity contribution in [3.8, 4) is 17.3 Å². The van der Waals surface area contributed by atoms with E-state index in [0.717, 1.165) is 0 Å². The van der Waals surface area contributed by atoms with Gasteiger partial charge in [0.1, 0.15) is 23.5 Å². The van der Waals surface area contributed by atoms with Gasteiger partial charge in [0, 0.05) is 17.8 Å². The zero-order chi connectivity index (χ0) is 21.2. The van der Waals surface area contributed by atoms with Crippen molar-refractivity contribution in [2.75, 3.05) is 11.9 Å². The molecule has 0 saturated carbocycles. The average molecular weight is 408 g/mol. The van der Waals surface area contributed by atoms with Crippen LogP contribution in [0, 0.1) is 0 Å². The molecule has 0 aliphatic rings. The number of anilines is 1. The monoisotopic (exact) mass is 408 g/mol. The van der Waals surface area contributed by atoms with Crippen molar-refractivity contribution in [1.82, 2.24) is 25.3 Å². The van der Waals surface area contributed by atoms with Crippen molar-refractivity contribution < 1.29 is 23.1 Å². The van der Waals surface area contributed by atoms with Gasteiger partial charge in [-0.2, -0.15) is 13.2 Å². The standard InChI is InChI=1S/C18H19F3N6O2/c1-3-17(2,16(29)24-9-18(19,20)21)27-11-6-8-23-14(25-11)12-10-5-4-7-22-13(10)26-15(12)28/h4-8,28H,3,9H2,1-2H3,(H,22,26)(H,24,29)(H,23,25,27)/t17-/m1/s1. The molecule has 11 heteroatoms. The second kappa shape index (κ2) is 7.57. The van der Waals surface area contributed by atoms with E-state index >= 15 is 0 Å². The number of halogens is 3. The largest absolute Gasteiger partial charge is 0.494 e. The molecule has 8 nitrogen and oxygen atoms in total. The molecular formula is C18H19F3N6O2. The zero-order valence-corrected chi connectivity index (χ0v) is 15.6. The molecule has 0 bridgehead atoms. The lowest BCUT2D eigenvalue weighted by molar-refractivity contribution is -0.140. The summed E-state index contributed by atoms with van der Waals surface area (Å²) in [6, 6.07) is 4.91. The van der Waals surface area contributed by atoms with E-state index in [-0.39, 0.29) is 23.9 Å². The number of amides is 1. The minimum Gasteiger partial charge on any atom is -0.494 e. The molecule has 3 aromatic rings. The Morgan fingerprint density at radius 3 is 2.69 bits per heavy atom. The number of nitrogens with one attached hydrogen (secondary N) is 3. The second-order valence-corrected chi connectivity index (χ2v) is 6.62. The van der Waals surface area contributed by atoms with Crippen molar-refractivity contribution in [3.63, 3.8) is 0 Å². The maximum atomic E-state index is 12.4. The molecule has 0 aliphatic carbocycles. The van der Waals surface area contributed by atoms with Gasteiger partial charge >= 0.3 is 6.18 Å². The van der Waals surface area contributed by atoms with Gasteiger partial charge < -0.3 is 20.7 Å². The van der Waals surface area contributed by atoms with Crippen molar-refractivity contribution in [2.24, 2.45) is 0 Å². The Morgan fingerprint density at radius 2 is 2.00 bits per heavy atom. The first-order chi connectivity index (χ1) is 13.6. The first-order valence-electron chi connectivity index (χ1n) is 8.75. The van der Waals surface area contributed by atoms with Crippen molar-refractivity contribution in [3.05, 3.63) is 30.6 Å². The first-order valence-corrected chi connectivity index (χ1v) is 8.75. The molecule has 1 amide bonds. The van der Waals surface area contributed by atoms with Crippen LogP contribution in [0.1, 0.15) is 20.3 Å². The molecule has 3 aromatic heterocycles. The molecular weight excluding hydrogens is 389 g/mol. The van der Waals surface area contributed by atoms with E-state index < -0.39 is 24.2 Å². The maximum Gasteiger partial charge on any atom is 0.405 e. The lowest BCUT2D eigenvalue weighted by Crippen LogP contribution is -2.52. The summed E-state index contributed by atoms with van der Waals surface area (Å²) in [6.45, 7) is 1.72. The number of H-pyrrole nitrogens is 1. The number of hydrogen-bond donors (Lipinski definition) is 4. The Morgan fingerprint density at radius 1 is 1.24 bits per heavy atom. The van der Waals surface area contributed by atoms with Crippen LogP contribution in [0.4, 0.5) is 19.0 Å². The Bertz CT molecular complexity index is 1040. The molecule has 4 N–H and O–H groups in total. The van der Waals surface area contributed by atoms with Crippen LogP contribution in [0.25, 0.3) is 22.4 Å². The number of aromatic hydroxyl groups is 1. The number of carbonyl (C=O) groups excluding carboxylic acids is 1. The molecule has 3 heterocycles. The highest BCUT2D eigenvalue weighted by Gasteiger charge is 2.35. The SMILES string of the molecule is CC[C@@](C)(Nc1ccnc(-c2c(O)[nH]c3ncccc23)n1)C(=O)NCC(F)(F)F. The van der Waals surface area contributed by atoms with E-state index in [9.17, 15) is 23.1 Å². The second-order valence-electron chi connectivity index (χ2n) is 6.62. The van der Waals surface area contributed by atoms with Gasteiger partial charge in [0.15, 0.2) is 5.82 Å². The summed E-state index contributed by atoms with van der Waals surface area (Å²) in [5, 5.41) is 15.6. The lowest BCUT2D eigenvalue weighted by Gasteiger charge is -2.29. The summed E-state index contributed by atoms with van der Waals surface area (Å²) in [6.07, 6.45) is -1.32. The number of carbonyl (C=O) groups is 1. The van der Waals surface area contributed by atoms with Crippen LogP contribution in [0.2, 0.25) is 0 Å². The van der Waals surface area contributed by atoms with E-state index in [2.05, 4.69) is 25.3 Å². The number of aromatic amines is 1. The summed E-state index contributed by atoms with van der Waals surface area (Å²) in [7, 11) is 0. The molecule has 154 valence electrons. The molecule has 0 aliphatic heterocycles. The third-order valence-electron chi connectivity index (χ3n) is 4.49. The van der Waals surface area contributed by atoms with Crippen molar-refractivity contribution >= 4 is 22.8 Å². The zero-order valence-electron chi connectivity index (χ0n) is 15.6. The van der Waals surface area contributed by atoms with Gasteiger partial charge in [-0.1, -0.05) is 6.92 Å². The fraction of sp³-hybridized carbons (Fsp3) is 0.333. The highest BCUT2D eigenvalue weighted by molar-refractivity contribution is 5.95. The first kappa shape index (κ1) is 20.4.